The van der Waals surface area contributed by atoms with Crippen LogP contribution in [0.5, 0.6) is 0 Å². The predicted octanol–water partition coefficient (Wildman–Crippen LogP) is 2.69. The summed E-state index contributed by atoms with van der Waals surface area (Å²) in [6, 6.07) is 6.83. The predicted molar refractivity (Wildman–Crippen MR) is 66.2 cm³/mol. The number of benzene rings is 1. The minimum absolute atomic E-state index is 0.233. The van der Waals surface area contributed by atoms with Crippen molar-refractivity contribution in [3.63, 3.8) is 0 Å². The summed E-state index contributed by atoms with van der Waals surface area (Å²) in [5, 5.41) is 3.25. The molecule has 2 aromatic rings. The molecule has 0 aliphatic rings. The minimum atomic E-state index is -0.233. The first-order valence-electron chi connectivity index (χ1n) is 5.01. The number of aromatic nitrogens is 2. The van der Waals surface area contributed by atoms with Gasteiger partial charge in [0.2, 0.25) is 0 Å². The molecule has 17 heavy (non-hydrogen) atoms. The van der Waals surface area contributed by atoms with Crippen LogP contribution in [0.2, 0.25) is 5.02 Å². The molecule has 0 aliphatic carbocycles. The van der Waals surface area contributed by atoms with Gasteiger partial charge in [0.1, 0.15) is 12.1 Å². The molecule has 0 bridgehead atoms. The van der Waals surface area contributed by atoms with Crippen molar-refractivity contribution in [2.45, 2.75) is 6.92 Å². The number of halogens is 1. The SMILES string of the molecule is Cc1c(Cl)cccc1C(=O)Nc1ccncn1. The molecule has 1 N–H and O–H groups in total. The fraction of sp³-hybridized carbons (Fsp3) is 0.0833. The molecule has 0 aliphatic heterocycles. The average Bonchev–Trinajstić information content (AvgIpc) is 2.34. The van der Waals surface area contributed by atoms with E-state index in [4.69, 9.17) is 11.6 Å². The third kappa shape index (κ3) is 2.60. The van der Waals surface area contributed by atoms with E-state index in [1.807, 2.05) is 0 Å². The molecular formula is C12H10ClN3O. The first-order chi connectivity index (χ1) is 8.18. The van der Waals surface area contributed by atoms with Crippen LogP contribution in [0.4, 0.5) is 5.82 Å². The highest BCUT2D eigenvalue weighted by molar-refractivity contribution is 6.32. The second-order valence-electron chi connectivity index (χ2n) is 3.46. The topological polar surface area (TPSA) is 54.9 Å². The average molecular weight is 248 g/mol. The van der Waals surface area contributed by atoms with Crippen molar-refractivity contribution < 1.29 is 4.79 Å². The second-order valence-corrected chi connectivity index (χ2v) is 3.87. The molecule has 4 nitrogen and oxygen atoms in total. The molecule has 2 rings (SSSR count). The van der Waals surface area contributed by atoms with Crippen LogP contribution in [0, 0.1) is 6.92 Å². The third-order valence-corrected chi connectivity index (χ3v) is 2.75. The lowest BCUT2D eigenvalue weighted by Gasteiger charge is -2.07. The van der Waals surface area contributed by atoms with Crippen molar-refractivity contribution in [1.82, 2.24) is 9.97 Å². The number of anilines is 1. The van der Waals surface area contributed by atoms with Gasteiger partial charge in [-0.2, -0.15) is 0 Å². The quantitative estimate of drug-likeness (QED) is 0.888. The standard InChI is InChI=1S/C12H10ClN3O/c1-8-9(3-2-4-10(8)13)12(17)16-11-5-6-14-7-15-11/h2-7H,1H3,(H,14,15,16,17). The highest BCUT2D eigenvalue weighted by Crippen LogP contribution is 2.19. The molecule has 0 atom stereocenters. The Morgan fingerprint density at radius 1 is 1.35 bits per heavy atom. The third-order valence-electron chi connectivity index (χ3n) is 2.34. The van der Waals surface area contributed by atoms with Crippen LogP contribution in [0.1, 0.15) is 15.9 Å². The van der Waals surface area contributed by atoms with Crippen LogP contribution in [-0.4, -0.2) is 15.9 Å². The van der Waals surface area contributed by atoms with E-state index in [1.54, 1.807) is 37.4 Å². The van der Waals surface area contributed by atoms with E-state index in [0.29, 0.717) is 16.4 Å². The Balaban J connectivity index is 2.24. The number of amides is 1. The van der Waals surface area contributed by atoms with Crippen molar-refractivity contribution in [2.75, 3.05) is 5.32 Å². The van der Waals surface area contributed by atoms with Crippen molar-refractivity contribution in [2.24, 2.45) is 0 Å². The van der Waals surface area contributed by atoms with Crippen molar-refractivity contribution in [3.05, 3.63) is 52.9 Å². The van der Waals surface area contributed by atoms with E-state index in [0.717, 1.165) is 5.56 Å². The van der Waals surface area contributed by atoms with Crippen LogP contribution in [0.25, 0.3) is 0 Å². The van der Waals surface area contributed by atoms with Gasteiger partial charge >= 0.3 is 0 Å². The molecule has 0 saturated carbocycles. The number of hydrogen-bond donors (Lipinski definition) is 1. The van der Waals surface area contributed by atoms with Gasteiger partial charge in [-0.15, -0.1) is 0 Å². The van der Waals surface area contributed by atoms with Gasteiger partial charge in [-0.25, -0.2) is 9.97 Å². The Morgan fingerprint density at radius 2 is 2.18 bits per heavy atom. The highest BCUT2D eigenvalue weighted by Gasteiger charge is 2.11. The number of nitrogens with zero attached hydrogens (tertiary/aromatic N) is 2. The Morgan fingerprint density at radius 3 is 2.88 bits per heavy atom. The minimum Gasteiger partial charge on any atom is -0.306 e. The molecule has 0 radical (unpaired) electrons. The van der Waals surface area contributed by atoms with Crippen LogP contribution < -0.4 is 5.32 Å². The van der Waals surface area contributed by atoms with Crippen LogP contribution in [0.15, 0.2) is 36.8 Å². The Bertz CT molecular complexity index is 543. The number of nitrogens with one attached hydrogen (secondary N) is 1. The Kier molecular flexibility index (Phi) is 3.35. The van der Waals surface area contributed by atoms with Crippen LogP contribution >= 0.6 is 11.6 Å². The van der Waals surface area contributed by atoms with Gasteiger partial charge < -0.3 is 5.32 Å². The fourth-order valence-electron chi connectivity index (χ4n) is 1.40. The Hall–Kier alpha value is -1.94. The van der Waals surface area contributed by atoms with Gasteiger partial charge in [-0.3, -0.25) is 4.79 Å². The molecule has 0 unspecified atom stereocenters. The molecule has 0 fully saturated rings. The van der Waals surface area contributed by atoms with Crippen molar-refractivity contribution in [3.8, 4) is 0 Å². The summed E-state index contributed by atoms with van der Waals surface area (Å²) in [6.45, 7) is 1.80. The van der Waals surface area contributed by atoms with E-state index in [-0.39, 0.29) is 5.91 Å². The van der Waals surface area contributed by atoms with E-state index >= 15 is 0 Å². The molecule has 86 valence electrons. The molecule has 1 aromatic heterocycles. The lowest BCUT2D eigenvalue weighted by Crippen LogP contribution is -2.14. The molecule has 5 heteroatoms. The first kappa shape index (κ1) is 11.5. The maximum atomic E-state index is 12.0. The number of rotatable bonds is 2. The number of carbonyl (C=O) groups excluding carboxylic acids is 1. The molecule has 0 spiro atoms. The zero-order valence-electron chi connectivity index (χ0n) is 9.14. The molecule has 1 amide bonds. The fourth-order valence-corrected chi connectivity index (χ4v) is 1.58. The normalized spacial score (nSPS) is 10.0. The van der Waals surface area contributed by atoms with E-state index in [9.17, 15) is 4.79 Å². The molecule has 1 heterocycles. The lowest BCUT2D eigenvalue weighted by atomic mass is 10.1. The Labute approximate surface area is 104 Å². The van der Waals surface area contributed by atoms with E-state index < -0.39 is 0 Å². The first-order valence-corrected chi connectivity index (χ1v) is 5.39. The van der Waals surface area contributed by atoms with E-state index in [1.165, 1.54) is 6.33 Å². The summed E-state index contributed by atoms with van der Waals surface area (Å²) in [5.41, 5.74) is 1.29. The van der Waals surface area contributed by atoms with Gasteiger partial charge in [0.25, 0.3) is 5.91 Å². The van der Waals surface area contributed by atoms with Gasteiger partial charge in [0.15, 0.2) is 0 Å². The van der Waals surface area contributed by atoms with Gasteiger partial charge in [0.05, 0.1) is 0 Å². The number of hydrogen-bond acceptors (Lipinski definition) is 3. The van der Waals surface area contributed by atoms with Crippen LogP contribution in [-0.2, 0) is 0 Å². The maximum Gasteiger partial charge on any atom is 0.257 e. The summed E-state index contributed by atoms with van der Waals surface area (Å²) in [7, 11) is 0. The smallest absolute Gasteiger partial charge is 0.257 e. The molecule has 1 aromatic carbocycles. The second kappa shape index (κ2) is 4.93. The summed E-state index contributed by atoms with van der Waals surface area (Å²) < 4.78 is 0. The summed E-state index contributed by atoms with van der Waals surface area (Å²) in [5.74, 6) is 0.230. The molecule has 0 saturated heterocycles. The zero-order valence-corrected chi connectivity index (χ0v) is 9.90. The van der Waals surface area contributed by atoms with Gasteiger partial charge in [-0.05, 0) is 30.7 Å². The van der Waals surface area contributed by atoms with Crippen molar-refractivity contribution >= 4 is 23.3 Å². The molecular weight excluding hydrogens is 238 g/mol. The van der Waals surface area contributed by atoms with Crippen LogP contribution in [0.3, 0.4) is 0 Å². The summed E-state index contributed by atoms with van der Waals surface area (Å²) in [4.78, 5) is 19.7. The lowest BCUT2D eigenvalue weighted by molar-refractivity contribution is 0.102. The summed E-state index contributed by atoms with van der Waals surface area (Å²) >= 11 is 5.96. The van der Waals surface area contributed by atoms with Crippen molar-refractivity contribution in [1.29, 1.82) is 0 Å². The number of carbonyl (C=O) groups is 1. The maximum absolute atomic E-state index is 12.0. The van der Waals surface area contributed by atoms with Gasteiger partial charge in [-0.1, -0.05) is 17.7 Å². The summed E-state index contributed by atoms with van der Waals surface area (Å²) in [6.07, 6.45) is 2.94. The monoisotopic (exact) mass is 247 g/mol. The largest absolute Gasteiger partial charge is 0.306 e. The van der Waals surface area contributed by atoms with Gasteiger partial charge in [0, 0.05) is 16.8 Å². The van der Waals surface area contributed by atoms with E-state index in [2.05, 4.69) is 15.3 Å². The zero-order chi connectivity index (χ0) is 12.3. The highest BCUT2D eigenvalue weighted by atomic mass is 35.5.